The van der Waals surface area contributed by atoms with Crippen LogP contribution in [0.15, 0.2) is 42.5 Å². The third-order valence-electron chi connectivity index (χ3n) is 2.46. The van der Waals surface area contributed by atoms with Crippen molar-refractivity contribution in [3.05, 3.63) is 48.0 Å². The van der Waals surface area contributed by atoms with Gasteiger partial charge in [0.15, 0.2) is 0 Å². The Labute approximate surface area is 95.8 Å². The second-order valence-corrected chi connectivity index (χ2v) is 3.65. The summed E-state index contributed by atoms with van der Waals surface area (Å²) in [7, 11) is 0. The van der Waals surface area contributed by atoms with Gasteiger partial charge in [-0.3, -0.25) is 10.1 Å². The van der Waals surface area contributed by atoms with Crippen molar-refractivity contribution in [1.29, 1.82) is 0 Å². The quantitative estimate of drug-likeness (QED) is 0.721. The first-order valence-corrected chi connectivity index (χ1v) is 5.33. The summed E-state index contributed by atoms with van der Waals surface area (Å²) in [4.78, 5) is 11.0. The van der Waals surface area contributed by atoms with Crippen LogP contribution in [0.4, 0.5) is 0 Å². The smallest absolute Gasteiger partial charge is 0.324 e. The van der Waals surface area contributed by atoms with E-state index in [-0.39, 0.29) is 0 Å². The zero-order chi connectivity index (χ0) is 12.0. The molecule has 1 aromatic rings. The second-order valence-electron chi connectivity index (χ2n) is 3.65. The van der Waals surface area contributed by atoms with Crippen LogP contribution in [0.3, 0.4) is 0 Å². The van der Waals surface area contributed by atoms with Crippen LogP contribution in [0.2, 0.25) is 0 Å². The van der Waals surface area contributed by atoms with Gasteiger partial charge in [-0.2, -0.15) is 0 Å². The fraction of sp³-hybridized carbons (Fsp3) is 0.308. The van der Waals surface area contributed by atoms with Gasteiger partial charge in [-0.25, -0.2) is 0 Å². The van der Waals surface area contributed by atoms with E-state index in [0.717, 1.165) is 5.56 Å². The van der Waals surface area contributed by atoms with E-state index in [0.29, 0.717) is 18.5 Å². The highest BCUT2D eigenvalue weighted by Crippen LogP contribution is 2.06. The Bertz CT molecular complexity index is 359. The summed E-state index contributed by atoms with van der Waals surface area (Å²) in [5.41, 5.74) is 1.76. The molecule has 1 rings (SSSR count). The molecule has 0 aliphatic heterocycles. The lowest BCUT2D eigenvalue weighted by atomic mass is 10.1. The average molecular weight is 219 g/mol. The molecule has 3 nitrogen and oxygen atoms in total. The number of benzene rings is 1. The number of carbonyl (C=O) groups is 1. The van der Waals surface area contributed by atoms with Crippen molar-refractivity contribution in [1.82, 2.24) is 5.32 Å². The Hall–Kier alpha value is -1.61. The van der Waals surface area contributed by atoms with Crippen molar-refractivity contribution in [2.45, 2.75) is 25.9 Å². The van der Waals surface area contributed by atoms with Crippen molar-refractivity contribution in [3.8, 4) is 0 Å². The highest BCUT2D eigenvalue weighted by atomic mass is 16.4. The Morgan fingerprint density at radius 2 is 2.06 bits per heavy atom. The summed E-state index contributed by atoms with van der Waals surface area (Å²) in [5.74, 6) is -0.872. The van der Waals surface area contributed by atoms with E-state index < -0.39 is 12.0 Å². The highest BCUT2D eigenvalue weighted by molar-refractivity contribution is 5.77. The molecule has 0 saturated carbocycles. The topological polar surface area (TPSA) is 49.3 Å². The molecule has 0 fully saturated rings. The fourth-order valence-corrected chi connectivity index (χ4v) is 1.43. The average Bonchev–Trinajstić information content (AvgIpc) is 2.30. The minimum absolute atomic E-state index is 0.539. The largest absolute Gasteiger partial charge is 0.480 e. The standard InChI is InChI=1S/C13H17NO2/c1-3-10(2)12(13(15)16)14-9-11-7-5-4-6-8-11/h4-8,12,14H,2-3,9H2,1H3,(H,15,16)/t12-/m0/s1. The first-order valence-electron chi connectivity index (χ1n) is 5.33. The molecule has 0 heterocycles. The molecular weight excluding hydrogens is 202 g/mol. The van der Waals surface area contributed by atoms with Crippen molar-refractivity contribution in [2.24, 2.45) is 0 Å². The van der Waals surface area contributed by atoms with Crippen LogP contribution in [-0.4, -0.2) is 17.1 Å². The predicted octanol–water partition coefficient (Wildman–Crippen LogP) is 2.20. The maximum Gasteiger partial charge on any atom is 0.324 e. The second kappa shape index (κ2) is 6.08. The molecule has 3 heteroatoms. The van der Waals surface area contributed by atoms with Crippen molar-refractivity contribution in [3.63, 3.8) is 0 Å². The zero-order valence-electron chi connectivity index (χ0n) is 9.44. The van der Waals surface area contributed by atoms with E-state index in [4.69, 9.17) is 5.11 Å². The van der Waals surface area contributed by atoms with Crippen molar-refractivity contribution >= 4 is 5.97 Å². The van der Waals surface area contributed by atoms with Gasteiger partial charge in [0.2, 0.25) is 0 Å². The first-order chi connectivity index (χ1) is 7.65. The summed E-state index contributed by atoms with van der Waals surface area (Å²) in [5, 5.41) is 12.0. The first kappa shape index (κ1) is 12.5. The summed E-state index contributed by atoms with van der Waals surface area (Å²) < 4.78 is 0. The number of carboxylic acid groups (broad SMARTS) is 1. The molecule has 0 amide bonds. The van der Waals surface area contributed by atoms with Crippen LogP contribution in [0, 0.1) is 0 Å². The molecule has 0 aromatic heterocycles. The molecule has 1 atom stereocenters. The maximum atomic E-state index is 11.0. The van der Waals surface area contributed by atoms with E-state index >= 15 is 0 Å². The van der Waals surface area contributed by atoms with E-state index in [2.05, 4.69) is 11.9 Å². The SMILES string of the molecule is C=C(CC)[C@H](NCc1ccccc1)C(=O)O. The van der Waals surface area contributed by atoms with Gasteiger partial charge >= 0.3 is 5.97 Å². The molecule has 16 heavy (non-hydrogen) atoms. The molecule has 2 N–H and O–H groups in total. The molecule has 0 saturated heterocycles. The molecule has 0 aliphatic rings. The van der Waals surface area contributed by atoms with Crippen LogP contribution in [0.1, 0.15) is 18.9 Å². The minimum Gasteiger partial charge on any atom is -0.480 e. The van der Waals surface area contributed by atoms with Crippen LogP contribution in [0.5, 0.6) is 0 Å². The van der Waals surface area contributed by atoms with Gasteiger partial charge in [0, 0.05) is 6.54 Å². The fourth-order valence-electron chi connectivity index (χ4n) is 1.43. The Balaban J connectivity index is 2.57. The van der Waals surface area contributed by atoms with Gasteiger partial charge < -0.3 is 5.11 Å². The van der Waals surface area contributed by atoms with Gasteiger partial charge in [0.1, 0.15) is 6.04 Å². The molecular formula is C13H17NO2. The number of carboxylic acids is 1. The summed E-state index contributed by atoms with van der Waals surface area (Å²) in [6.07, 6.45) is 0.665. The van der Waals surface area contributed by atoms with Crippen molar-refractivity contribution in [2.75, 3.05) is 0 Å². The molecule has 1 aromatic carbocycles. The van der Waals surface area contributed by atoms with Gasteiger partial charge in [-0.05, 0) is 17.6 Å². The number of rotatable bonds is 6. The van der Waals surface area contributed by atoms with Gasteiger partial charge in [0.05, 0.1) is 0 Å². The van der Waals surface area contributed by atoms with Crippen LogP contribution in [-0.2, 0) is 11.3 Å². The molecule has 0 aliphatic carbocycles. The molecule has 0 spiro atoms. The Morgan fingerprint density at radius 1 is 1.44 bits per heavy atom. The van der Waals surface area contributed by atoms with Crippen LogP contribution < -0.4 is 5.32 Å². The summed E-state index contributed by atoms with van der Waals surface area (Å²) in [6.45, 7) is 6.21. The highest BCUT2D eigenvalue weighted by Gasteiger charge is 2.18. The van der Waals surface area contributed by atoms with Crippen LogP contribution in [0.25, 0.3) is 0 Å². The molecule has 0 unspecified atom stereocenters. The molecule has 0 bridgehead atoms. The third-order valence-corrected chi connectivity index (χ3v) is 2.46. The van der Waals surface area contributed by atoms with E-state index in [1.165, 1.54) is 0 Å². The van der Waals surface area contributed by atoms with Crippen molar-refractivity contribution < 1.29 is 9.90 Å². The predicted molar refractivity (Wildman–Crippen MR) is 64.1 cm³/mol. The van der Waals surface area contributed by atoms with Crippen LogP contribution >= 0.6 is 0 Å². The lowest BCUT2D eigenvalue weighted by molar-refractivity contribution is -0.138. The molecule has 0 radical (unpaired) electrons. The van der Waals surface area contributed by atoms with Gasteiger partial charge in [0.25, 0.3) is 0 Å². The monoisotopic (exact) mass is 219 g/mol. The maximum absolute atomic E-state index is 11.0. The lowest BCUT2D eigenvalue weighted by Gasteiger charge is -2.15. The number of hydrogen-bond donors (Lipinski definition) is 2. The third kappa shape index (κ3) is 3.51. The molecule has 86 valence electrons. The Morgan fingerprint density at radius 3 is 2.56 bits per heavy atom. The number of nitrogens with one attached hydrogen (secondary N) is 1. The summed E-state index contributed by atoms with van der Waals surface area (Å²) in [6, 6.07) is 9.05. The number of aliphatic carboxylic acids is 1. The zero-order valence-corrected chi connectivity index (χ0v) is 9.44. The number of hydrogen-bond acceptors (Lipinski definition) is 2. The summed E-state index contributed by atoms with van der Waals surface area (Å²) >= 11 is 0. The van der Waals surface area contributed by atoms with E-state index in [9.17, 15) is 4.79 Å². The lowest BCUT2D eigenvalue weighted by Crippen LogP contribution is -2.37. The minimum atomic E-state index is -0.872. The normalized spacial score (nSPS) is 12.1. The Kier molecular flexibility index (Phi) is 4.73. The van der Waals surface area contributed by atoms with Gasteiger partial charge in [-0.15, -0.1) is 0 Å². The van der Waals surface area contributed by atoms with Gasteiger partial charge in [-0.1, -0.05) is 43.8 Å². The van der Waals surface area contributed by atoms with E-state index in [1.807, 2.05) is 37.3 Å². The van der Waals surface area contributed by atoms with E-state index in [1.54, 1.807) is 0 Å².